The van der Waals surface area contributed by atoms with Gasteiger partial charge in [0.1, 0.15) is 24.4 Å². The monoisotopic (exact) mass is 226 g/mol. The van der Waals surface area contributed by atoms with E-state index in [4.69, 9.17) is 9.63 Å². The number of fused-ring (bicyclic) bond motifs is 1. The number of hydrogen-bond donors (Lipinski definition) is 3. The molecule has 8 heteroatoms. The molecule has 0 aliphatic carbocycles. The molecular weight excluding hydrogens is 215 g/mol. The molecule has 0 aromatic rings. The summed E-state index contributed by atoms with van der Waals surface area (Å²) in [5.74, 6) is 0. The summed E-state index contributed by atoms with van der Waals surface area (Å²) in [5.41, 5.74) is 0. The molecule has 2 fully saturated rings. The lowest BCUT2D eigenvalue weighted by molar-refractivity contribution is -0.205. The predicted octanol–water partition coefficient (Wildman–Crippen LogP) is -1.38. The maximum atomic E-state index is 11.0. The van der Waals surface area contributed by atoms with E-state index in [0.717, 1.165) is 0 Å². The molecule has 14 heavy (non-hydrogen) atoms. The molecule has 2 aliphatic rings. The Morgan fingerprint density at radius 1 is 1.29 bits per heavy atom. The summed E-state index contributed by atoms with van der Waals surface area (Å²) < 4.78 is 25.2. The van der Waals surface area contributed by atoms with Crippen molar-refractivity contribution in [3.05, 3.63) is 0 Å². The van der Waals surface area contributed by atoms with Crippen LogP contribution < -0.4 is 0 Å². The number of phosphoric ester groups is 1. The van der Waals surface area contributed by atoms with Crippen LogP contribution in [0.1, 0.15) is 0 Å². The van der Waals surface area contributed by atoms with Gasteiger partial charge in [0, 0.05) is 0 Å². The zero-order chi connectivity index (χ0) is 10.3. The van der Waals surface area contributed by atoms with Gasteiger partial charge in [-0.25, -0.2) is 4.57 Å². The lowest BCUT2D eigenvalue weighted by Crippen LogP contribution is -2.56. The summed E-state index contributed by atoms with van der Waals surface area (Å²) in [6.07, 6.45) is -3.95. The fourth-order valence-electron chi connectivity index (χ4n) is 1.48. The molecule has 5 atom stereocenters. The van der Waals surface area contributed by atoms with Crippen LogP contribution in [-0.4, -0.2) is 52.7 Å². The highest BCUT2D eigenvalue weighted by Gasteiger charge is 2.47. The molecule has 0 bridgehead atoms. The molecule has 2 aliphatic heterocycles. The van der Waals surface area contributed by atoms with Gasteiger partial charge in [0.05, 0.1) is 13.2 Å². The Balaban J connectivity index is 2.12. The first-order valence-corrected chi connectivity index (χ1v) is 5.62. The van der Waals surface area contributed by atoms with E-state index in [-0.39, 0.29) is 13.2 Å². The van der Waals surface area contributed by atoms with Crippen molar-refractivity contribution in [3.8, 4) is 0 Å². The van der Waals surface area contributed by atoms with Crippen LogP contribution in [0, 0.1) is 0 Å². The fraction of sp³-hybridized carbons (Fsp3) is 1.00. The van der Waals surface area contributed by atoms with Crippen molar-refractivity contribution in [3.63, 3.8) is 0 Å². The van der Waals surface area contributed by atoms with E-state index < -0.39 is 32.2 Å². The normalized spacial score (nSPS) is 53.9. The van der Waals surface area contributed by atoms with Crippen LogP contribution >= 0.6 is 7.82 Å². The molecule has 0 amide bonds. The summed E-state index contributed by atoms with van der Waals surface area (Å²) in [4.78, 5) is 8.98. The second-order valence-corrected chi connectivity index (χ2v) is 4.67. The number of ether oxygens (including phenoxy) is 1. The van der Waals surface area contributed by atoms with Crippen LogP contribution in [0.3, 0.4) is 0 Å². The molecule has 7 nitrogen and oxygen atoms in total. The lowest BCUT2D eigenvalue weighted by Gasteiger charge is -2.41. The van der Waals surface area contributed by atoms with Crippen LogP contribution in [0.4, 0.5) is 0 Å². The van der Waals surface area contributed by atoms with Crippen LogP contribution in [0.25, 0.3) is 0 Å². The van der Waals surface area contributed by atoms with Crippen molar-refractivity contribution in [2.24, 2.45) is 0 Å². The van der Waals surface area contributed by atoms with Crippen LogP contribution in [0.15, 0.2) is 0 Å². The zero-order valence-electron chi connectivity index (χ0n) is 7.15. The average molecular weight is 226 g/mol. The van der Waals surface area contributed by atoms with Gasteiger partial charge in [0.2, 0.25) is 0 Å². The molecule has 1 unspecified atom stereocenters. The lowest BCUT2D eigenvalue weighted by atomic mass is 10.0. The van der Waals surface area contributed by atoms with Crippen LogP contribution in [-0.2, 0) is 18.3 Å². The van der Waals surface area contributed by atoms with E-state index >= 15 is 0 Å². The van der Waals surface area contributed by atoms with Gasteiger partial charge in [-0.2, -0.15) is 0 Å². The number of aliphatic hydroxyl groups excluding tert-OH is 2. The molecule has 0 spiro atoms. The SMILES string of the molecule is O=P1(O)OC[C@H]2OC[C@H](O)[C@@H](O)[C@@H]2O1. The highest BCUT2D eigenvalue weighted by Crippen LogP contribution is 2.50. The van der Waals surface area contributed by atoms with Crippen molar-refractivity contribution in [1.29, 1.82) is 0 Å². The molecule has 0 radical (unpaired) electrons. The van der Waals surface area contributed by atoms with Crippen LogP contribution in [0.5, 0.6) is 0 Å². The standard InChI is InChI=1S/C6H11O7P/c7-3-1-11-4-2-12-14(9,10)13-6(4)5(3)8/h3-8H,1-2H2,(H,9,10)/t3-,4+,5+,6+/m0/s1. The third-order valence-corrected chi connectivity index (χ3v) is 3.22. The molecule has 2 saturated heterocycles. The third kappa shape index (κ3) is 1.85. The van der Waals surface area contributed by atoms with E-state index in [2.05, 4.69) is 9.05 Å². The molecule has 2 heterocycles. The van der Waals surface area contributed by atoms with Crippen molar-refractivity contribution in [2.75, 3.05) is 13.2 Å². The Morgan fingerprint density at radius 2 is 2.00 bits per heavy atom. The largest absolute Gasteiger partial charge is 0.472 e. The van der Waals surface area contributed by atoms with E-state index in [1.54, 1.807) is 0 Å². The molecule has 0 aromatic heterocycles. The molecule has 0 aromatic carbocycles. The van der Waals surface area contributed by atoms with Gasteiger partial charge >= 0.3 is 7.82 Å². The molecule has 3 N–H and O–H groups in total. The summed E-state index contributed by atoms with van der Waals surface area (Å²) in [6, 6.07) is 0. The summed E-state index contributed by atoms with van der Waals surface area (Å²) in [6.45, 7) is -0.160. The minimum Gasteiger partial charge on any atom is -0.388 e. The van der Waals surface area contributed by atoms with Crippen molar-refractivity contribution < 1.29 is 33.5 Å². The van der Waals surface area contributed by atoms with Gasteiger partial charge in [-0.05, 0) is 0 Å². The van der Waals surface area contributed by atoms with Gasteiger partial charge in [0.25, 0.3) is 0 Å². The minimum atomic E-state index is -4.09. The van der Waals surface area contributed by atoms with Crippen molar-refractivity contribution in [1.82, 2.24) is 0 Å². The molecule has 0 saturated carbocycles. The first-order valence-electron chi connectivity index (χ1n) is 4.13. The Hall–Kier alpha value is -0.0100. The van der Waals surface area contributed by atoms with Gasteiger partial charge in [-0.15, -0.1) is 0 Å². The van der Waals surface area contributed by atoms with Crippen LogP contribution in [0.2, 0.25) is 0 Å². The topological polar surface area (TPSA) is 105 Å². The maximum absolute atomic E-state index is 11.0. The highest BCUT2D eigenvalue weighted by molar-refractivity contribution is 7.47. The van der Waals surface area contributed by atoms with E-state index in [0.29, 0.717) is 0 Å². The molecule has 82 valence electrons. The number of phosphoric acid groups is 1. The zero-order valence-corrected chi connectivity index (χ0v) is 8.04. The summed E-state index contributed by atoms with van der Waals surface area (Å²) >= 11 is 0. The van der Waals surface area contributed by atoms with Gasteiger partial charge in [-0.1, -0.05) is 0 Å². The van der Waals surface area contributed by atoms with E-state index in [9.17, 15) is 14.8 Å². The summed E-state index contributed by atoms with van der Waals surface area (Å²) in [5, 5.41) is 18.7. The average Bonchev–Trinajstić information content (AvgIpc) is 2.11. The third-order valence-electron chi connectivity index (χ3n) is 2.24. The second-order valence-electron chi connectivity index (χ2n) is 3.26. The molecule has 2 rings (SSSR count). The fourth-order valence-corrected chi connectivity index (χ4v) is 2.44. The van der Waals surface area contributed by atoms with Gasteiger partial charge < -0.3 is 19.8 Å². The second kappa shape index (κ2) is 3.53. The Morgan fingerprint density at radius 3 is 2.71 bits per heavy atom. The number of aliphatic hydroxyl groups is 2. The highest BCUT2D eigenvalue weighted by atomic mass is 31.2. The Labute approximate surface area is 79.8 Å². The first-order chi connectivity index (χ1) is 6.49. The van der Waals surface area contributed by atoms with Crippen molar-refractivity contribution in [2.45, 2.75) is 24.4 Å². The first kappa shape index (κ1) is 10.5. The van der Waals surface area contributed by atoms with Crippen molar-refractivity contribution >= 4 is 7.82 Å². The van der Waals surface area contributed by atoms with Gasteiger partial charge in [0.15, 0.2) is 0 Å². The van der Waals surface area contributed by atoms with Gasteiger partial charge in [-0.3, -0.25) is 9.05 Å². The Kier molecular flexibility index (Phi) is 2.65. The quantitative estimate of drug-likeness (QED) is 0.437. The molecular formula is C6H11O7P. The maximum Gasteiger partial charge on any atom is 0.472 e. The van der Waals surface area contributed by atoms with E-state index in [1.165, 1.54) is 0 Å². The summed E-state index contributed by atoms with van der Waals surface area (Å²) in [7, 11) is -4.09. The Bertz CT molecular complexity index is 267. The number of rotatable bonds is 0. The number of hydrogen-bond acceptors (Lipinski definition) is 6. The van der Waals surface area contributed by atoms with E-state index in [1.807, 2.05) is 0 Å². The smallest absolute Gasteiger partial charge is 0.388 e. The predicted molar refractivity (Wildman–Crippen MR) is 42.4 cm³/mol. The minimum absolute atomic E-state index is 0.0369.